The van der Waals surface area contributed by atoms with Gasteiger partial charge in [-0.3, -0.25) is 9.58 Å². The Balaban J connectivity index is 1.42. The lowest BCUT2D eigenvalue weighted by atomic mass is 10.3. The summed E-state index contributed by atoms with van der Waals surface area (Å²) in [6.07, 6.45) is 9.08. The Kier molecular flexibility index (Phi) is 4.35. The van der Waals surface area contributed by atoms with Crippen LogP contribution in [-0.2, 0) is 4.74 Å². The highest BCUT2D eigenvalue weighted by atomic mass is 16.5. The highest BCUT2D eigenvalue weighted by Crippen LogP contribution is 2.29. The first kappa shape index (κ1) is 12.9. The van der Waals surface area contributed by atoms with Gasteiger partial charge < -0.3 is 9.47 Å². The Bertz CT molecular complexity index is 382. The van der Waals surface area contributed by atoms with Crippen LogP contribution in [0.2, 0.25) is 0 Å². The van der Waals surface area contributed by atoms with Crippen LogP contribution in [0.5, 0.6) is 5.75 Å². The van der Waals surface area contributed by atoms with Crippen molar-refractivity contribution < 1.29 is 9.47 Å². The van der Waals surface area contributed by atoms with Crippen molar-refractivity contribution in [2.75, 3.05) is 39.5 Å². The summed E-state index contributed by atoms with van der Waals surface area (Å²) in [6, 6.07) is 0.594. The lowest BCUT2D eigenvalue weighted by molar-refractivity contribution is 0.0322. The summed E-state index contributed by atoms with van der Waals surface area (Å²) in [6.45, 7) is 5.43. The van der Waals surface area contributed by atoms with Gasteiger partial charge in [-0.05, 0) is 12.8 Å². The maximum absolute atomic E-state index is 5.78. The van der Waals surface area contributed by atoms with Crippen molar-refractivity contribution in [2.24, 2.45) is 0 Å². The SMILES string of the molecule is c1nn(C2CCCC2)cc1OCCN1CCOCC1. The van der Waals surface area contributed by atoms with Crippen LogP contribution in [0, 0.1) is 0 Å². The molecule has 0 spiro atoms. The van der Waals surface area contributed by atoms with E-state index in [0.29, 0.717) is 6.04 Å². The van der Waals surface area contributed by atoms with Crippen LogP contribution in [-0.4, -0.2) is 54.1 Å². The molecule has 0 N–H and O–H groups in total. The van der Waals surface area contributed by atoms with E-state index in [-0.39, 0.29) is 0 Å². The first-order valence-corrected chi connectivity index (χ1v) is 7.39. The maximum Gasteiger partial charge on any atom is 0.157 e. The maximum atomic E-state index is 5.78. The van der Waals surface area contributed by atoms with E-state index in [2.05, 4.69) is 20.9 Å². The molecule has 0 atom stereocenters. The molecule has 2 aliphatic rings. The Labute approximate surface area is 114 Å². The van der Waals surface area contributed by atoms with Crippen LogP contribution in [0.3, 0.4) is 0 Å². The summed E-state index contributed by atoms with van der Waals surface area (Å²) < 4.78 is 13.2. The zero-order valence-electron chi connectivity index (χ0n) is 11.5. The lowest BCUT2D eigenvalue weighted by Gasteiger charge is -2.26. The molecule has 1 saturated carbocycles. The van der Waals surface area contributed by atoms with Crippen LogP contribution < -0.4 is 4.74 Å². The third-order valence-electron chi connectivity index (χ3n) is 4.06. The van der Waals surface area contributed by atoms with Gasteiger partial charge in [0.25, 0.3) is 0 Å². The molecule has 0 unspecified atom stereocenters. The molecular weight excluding hydrogens is 242 g/mol. The van der Waals surface area contributed by atoms with Crippen LogP contribution in [0.25, 0.3) is 0 Å². The summed E-state index contributed by atoms with van der Waals surface area (Å²) in [5, 5.41) is 4.42. The highest BCUT2D eigenvalue weighted by molar-refractivity contribution is 5.12. The largest absolute Gasteiger partial charge is 0.489 e. The molecular formula is C14H23N3O2. The molecule has 0 aromatic carbocycles. The summed E-state index contributed by atoms with van der Waals surface area (Å²) in [5.41, 5.74) is 0. The van der Waals surface area contributed by atoms with Crippen molar-refractivity contribution in [3.63, 3.8) is 0 Å². The molecule has 2 heterocycles. The van der Waals surface area contributed by atoms with Gasteiger partial charge in [-0.2, -0.15) is 5.10 Å². The average molecular weight is 265 g/mol. The van der Waals surface area contributed by atoms with Gasteiger partial charge in [0.15, 0.2) is 5.75 Å². The third kappa shape index (κ3) is 3.48. The number of ether oxygens (including phenoxy) is 2. The van der Waals surface area contributed by atoms with E-state index in [1.807, 2.05) is 6.20 Å². The predicted octanol–water partition coefficient (Wildman–Crippen LogP) is 1.71. The van der Waals surface area contributed by atoms with Crippen molar-refractivity contribution in [1.82, 2.24) is 14.7 Å². The standard InChI is InChI=1S/C14H23N3O2/c1-2-4-13(3-1)17-12-14(11-15-17)19-10-7-16-5-8-18-9-6-16/h11-13H,1-10H2. The smallest absolute Gasteiger partial charge is 0.157 e. The normalized spacial score (nSPS) is 21.9. The van der Waals surface area contributed by atoms with Crippen LogP contribution in [0.1, 0.15) is 31.7 Å². The van der Waals surface area contributed by atoms with Gasteiger partial charge >= 0.3 is 0 Å². The van der Waals surface area contributed by atoms with E-state index in [1.54, 1.807) is 0 Å². The minimum Gasteiger partial charge on any atom is -0.489 e. The van der Waals surface area contributed by atoms with Gasteiger partial charge in [0.05, 0.1) is 31.6 Å². The average Bonchev–Trinajstić information content (AvgIpc) is 3.10. The molecule has 0 bridgehead atoms. The second-order valence-corrected chi connectivity index (χ2v) is 5.40. The number of hydrogen-bond acceptors (Lipinski definition) is 4. The first-order chi connectivity index (χ1) is 9.42. The molecule has 0 amide bonds. The molecule has 2 fully saturated rings. The van der Waals surface area contributed by atoms with Gasteiger partial charge in [-0.15, -0.1) is 0 Å². The Hall–Kier alpha value is -1.07. The van der Waals surface area contributed by atoms with Crippen LogP contribution in [0.15, 0.2) is 12.4 Å². The van der Waals surface area contributed by atoms with E-state index >= 15 is 0 Å². The van der Waals surface area contributed by atoms with Gasteiger partial charge in [0.1, 0.15) is 6.61 Å². The first-order valence-electron chi connectivity index (χ1n) is 7.39. The second kappa shape index (κ2) is 6.39. The van der Waals surface area contributed by atoms with E-state index in [0.717, 1.165) is 45.2 Å². The fraction of sp³-hybridized carbons (Fsp3) is 0.786. The van der Waals surface area contributed by atoms with Gasteiger partial charge in [0.2, 0.25) is 0 Å². The van der Waals surface area contributed by atoms with Crippen molar-refractivity contribution in [2.45, 2.75) is 31.7 Å². The zero-order chi connectivity index (χ0) is 12.9. The molecule has 19 heavy (non-hydrogen) atoms. The quantitative estimate of drug-likeness (QED) is 0.812. The van der Waals surface area contributed by atoms with E-state index in [4.69, 9.17) is 9.47 Å². The number of morpholine rings is 1. The minimum atomic E-state index is 0.594. The molecule has 0 radical (unpaired) electrons. The second-order valence-electron chi connectivity index (χ2n) is 5.40. The van der Waals surface area contributed by atoms with Crippen molar-refractivity contribution in [3.05, 3.63) is 12.4 Å². The predicted molar refractivity (Wildman–Crippen MR) is 72.5 cm³/mol. The number of nitrogens with zero attached hydrogens (tertiary/aromatic N) is 3. The molecule has 5 nitrogen and oxygen atoms in total. The summed E-state index contributed by atoms with van der Waals surface area (Å²) in [5.74, 6) is 0.903. The van der Waals surface area contributed by atoms with Gasteiger partial charge in [-0.1, -0.05) is 12.8 Å². The minimum absolute atomic E-state index is 0.594. The molecule has 1 aromatic rings. The topological polar surface area (TPSA) is 39.5 Å². The lowest BCUT2D eigenvalue weighted by Crippen LogP contribution is -2.38. The van der Waals surface area contributed by atoms with Crippen molar-refractivity contribution in [3.8, 4) is 5.75 Å². The highest BCUT2D eigenvalue weighted by Gasteiger charge is 2.17. The Morgan fingerprint density at radius 1 is 1.26 bits per heavy atom. The van der Waals surface area contributed by atoms with Crippen molar-refractivity contribution in [1.29, 1.82) is 0 Å². The van der Waals surface area contributed by atoms with E-state index in [9.17, 15) is 0 Å². The van der Waals surface area contributed by atoms with Crippen LogP contribution >= 0.6 is 0 Å². The molecule has 1 aliphatic heterocycles. The van der Waals surface area contributed by atoms with Crippen molar-refractivity contribution >= 4 is 0 Å². The molecule has 5 heteroatoms. The zero-order valence-corrected chi connectivity index (χ0v) is 11.5. The van der Waals surface area contributed by atoms with Gasteiger partial charge in [-0.25, -0.2) is 0 Å². The van der Waals surface area contributed by atoms with Crippen LogP contribution in [0.4, 0.5) is 0 Å². The third-order valence-corrected chi connectivity index (χ3v) is 4.06. The fourth-order valence-electron chi connectivity index (χ4n) is 2.88. The van der Waals surface area contributed by atoms with Gasteiger partial charge in [0, 0.05) is 19.6 Å². The molecule has 1 saturated heterocycles. The molecule has 3 rings (SSSR count). The monoisotopic (exact) mass is 265 g/mol. The molecule has 106 valence electrons. The van der Waals surface area contributed by atoms with E-state index in [1.165, 1.54) is 25.7 Å². The fourth-order valence-corrected chi connectivity index (χ4v) is 2.88. The number of hydrogen-bond donors (Lipinski definition) is 0. The van der Waals surface area contributed by atoms with E-state index < -0.39 is 0 Å². The summed E-state index contributed by atoms with van der Waals surface area (Å²) >= 11 is 0. The summed E-state index contributed by atoms with van der Waals surface area (Å²) in [7, 11) is 0. The summed E-state index contributed by atoms with van der Waals surface area (Å²) in [4.78, 5) is 2.38. The number of aromatic nitrogens is 2. The number of rotatable bonds is 5. The Morgan fingerprint density at radius 2 is 2.05 bits per heavy atom. The molecule has 1 aromatic heterocycles. The Morgan fingerprint density at radius 3 is 2.84 bits per heavy atom. The molecule has 1 aliphatic carbocycles.